The van der Waals surface area contributed by atoms with Crippen molar-refractivity contribution in [3.05, 3.63) is 58.6 Å². The summed E-state index contributed by atoms with van der Waals surface area (Å²) in [5.74, 6) is -0.203. The molecule has 0 radical (unpaired) electrons. The molecule has 1 fully saturated rings. The zero-order valence-electron chi connectivity index (χ0n) is 14.9. The van der Waals surface area contributed by atoms with Gasteiger partial charge in [-0.05, 0) is 36.8 Å². The number of nitrogens with zero attached hydrogens (tertiary/aromatic N) is 1. The summed E-state index contributed by atoms with van der Waals surface area (Å²) in [7, 11) is -3.63. The van der Waals surface area contributed by atoms with Gasteiger partial charge in [0.2, 0.25) is 10.0 Å². The molecule has 0 unspecified atom stereocenters. The smallest absolute Gasteiger partial charge is 0.243 e. The molecule has 0 aliphatic carbocycles. The first-order valence-electron chi connectivity index (χ1n) is 8.59. The number of nitrogens with one attached hydrogen (secondary N) is 1. The van der Waals surface area contributed by atoms with Crippen LogP contribution in [0.4, 0.5) is 5.69 Å². The molecule has 8 heteroatoms. The topological polar surface area (TPSA) is 75.7 Å². The number of aryl methyl sites for hydroxylation is 1. The maximum atomic E-state index is 12.7. The molecule has 0 aromatic heterocycles. The number of morpholine rings is 1. The van der Waals surface area contributed by atoms with Gasteiger partial charge in [-0.3, -0.25) is 4.79 Å². The van der Waals surface area contributed by atoms with Crippen LogP contribution >= 0.6 is 11.6 Å². The Kier molecular flexibility index (Phi) is 6.16. The van der Waals surface area contributed by atoms with Crippen LogP contribution in [0.2, 0.25) is 5.02 Å². The van der Waals surface area contributed by atoms with Gasteiger partial charge in [0.05, 0.1) is 24.7 Å². The van der Waals surface area contributed by atoms with Gasteiger partial charge in [-0.1, -0.05) is 29.8 Å². The number of hydrogen-bond acceptors (Lipinski definition) is 5. The van der Waals surface area contributed by atoms with Gasteiger partial charge in [0.1, 0.15) is 0 Å². The number of ether oxygens (including phenoxy) is 1. The Labute approximate surface area is 164 Å². The van der Waals surface area contributed by atoms with Gasteiger partial charge in [-0.25, -0.2) is 8.42 Å². The van der Waals surface area contributed by atoms with E-state index in [0.29, 0.717) is 36.9 Å². The molecule has 0 atom stereocenters. The lowest BCUT2D eigenvalue weighted by atomic mass is 10.1. The van der Waals surface area contributed by atoms with Crippen molar-refractivity contribution in [1.29, 1.82) is 0 Å². The number of rotatable bonds is 6. The van der Waals surface area contributed by atoms with Crippen molar-refractivity contribution in [3.8, 4) is 0 Å². The summed E-state index contributed by atoms with van der Waals surface area (Å²) in [5, 5.41) is 3.64. The van der Waals surface area contributed by atoms with Crippen molar-refractivity contribution in [2.75, 3.05) is 38.2 Å². The highest BCUT2D eigenvalue weighted by molar-refractivity contribution is 7.89. The van der Waals surface area contributed by atoms with E-state index in [1.54, 1.807) is 18.2 Å². The molecule has 0 saturated carbocycles. The van der Waals surface area contributed by atoms with Crippen molar-refractivity contribution in [2.24, 2.45) is 0 Å². The molecule has 1 aliphatic rings. The molecule has 144 valence electrons. The first-order chi connectivity index (χ1) is 12.9. The van der Waals surface area contributed by atoms with E-state index < -0.39 is 10.0 Å². The summed E-state index contributed by atoms with van der Waals surface area (Å²) in [6, 6.07) is 11.6. The highest BCUT2D eigenvalue weighted by Gasteiger charge is 2.26. The van der Waals surface area contributed by atoms with Crippen LogP contribution in [-0.2, 0) is 14.8 Å². The lowest BCUT2D eigenvalue weighted by molar-refractivity contribution is 0.0730. The molecule has 0 bridgehead atoms. The number of carbonyl (C=O) groups excluding carboxylic acids is 1. The monoisotopic (exact) mass is 408 g/mol. The number of benzene rings is 2. The Bertz CT molecular complexity index is 940. The summed E-state index contributed by atoms with van der Waals surface area (Å²) < 4.78 is 32.1. The van der Waals surface area contributed by atoms with E-state index in [1.165, 1.54) is 16.4 Å². The summed E-state index contributed by atoms with van der Waals surface area (Å²) in [5.41, 5.74) is 2.03. The minimum Gasteiger partial charge on any atom is -0.379 e. The summed E-state index contributed by atoms with van der Waals surface area (Å²) in [6.45, 7) is 3.33. The van der Waals surface area contributed by atoms with Crippen LogP contribution in [0.1, 0.15) is 15.9 Å². The van der Waals surface area contributed by atoms with Crippen LogP contribution in [0.25, 0.3) is 0 Å². The zero-order chi connectivity index (χ0) is 19.4. The second kappa shape index (κ2) is 8.39. The van der Waals surface area contributed by atoms with Crippen molar-refractivity contribution in [1.82, 2.24) is 4.31 Å². The number of ketones is 1. The molecule has 0 spiro atoms. The van der Waals surface area contributed by atoms with Crippen LogP contribution in [0, 0.1) is 6.92 Å². The van der Waals surface area contributed by atoms with Gasteiger partial charge < -0.3 is 10.1 Å². The van der Waals surface area contributed by atoms with E-state index in [0.717, 1.165) is 11.3 Å². The van der Waals surface area contributed by atoms with Crippen LogP contribution in [-0.4, -0.2) is 51.4 Å². The predicted octanol–water partition coefficient (Wildman–Crippen LogP) is 2.96. The Morgan fingerprint density at radius 3 is 2.63 bits per heavy atom. The number of Topliss-reactive ketones (excluding diaryl/α,β-unsaturated/α-hetero) is 1. The number of sulfonamides is 1. The molecule has 0 amide bonds. The predicted molar refractivity (Wildman–Crippen MR) is 105 cm³/mol. The van der Waals surface area contributed by atoms with E-state index in [2.05, 4.69) is 5.32 Å². The Morgan fingerprint density at radius 1 is 1.19 bits per heavy atom. The van der Waals surface area contributed by atoms with Gasteiger partial charge in [-0.2, -0.15) is 4.31 Å². The first kappa shape index (κ1) is 19.8. The number of hydrogen-bond donors (Lipinski definition) is 1. The average molecular weight is 409 g/mol. The third-order valence-corrected chi connectivity index (χ3v) is 6.69. The van der Waals surface area contributed by atoms with E-state index in [1.807, 2.05) is 19.1 Å². The second-order valence-electron chi connectivity index (χ2n) is 6.28. The molecule has 1 aliphatic heterocycles. The Morgan fingerprint density at radius 2 is 1.93 bits per heavy atom. The largest absolute Gasteiger partial charge is 0.379 e. The molecule has 1 N–H and O–H groups in total. The van der Waals surface area contributed by atoms with Gasteiger partial charge in [0.15, 0.2) is 5.78 Å². The maximum Gasteiger partial charge on any atom is 0.243 e. The molecule has 6 nitrogen and oxygen atoms in total. The van der Waals surface area contributed by atoms with Crippen LogP contribution < -0.4 is 5.32 Å². The van der Waals surface area contributed by atoms with E-state index in [4.69, 9.17) is 16.3 Å². The maximum absolute atomic E-state index is 12.7. The van der Waals surface area contributed by atoms with Gasteiger partial charge in [0, 0.05) is 29.4 Å². The molecular weight excluding hydrogens is 388 g/mol. The quantitative estimate of drug-likeness (QED) is 0.743. The minimum absolute atomic E-state index is 0.0421. The summed E-state index contributed by atoms with van der Waals surface area (Å²) in [4.78, 5) is 12.6. The zero-order valence-corrected chi connectivity index (χ0v) is 16.5. The van der Waals surface area contributed by atoms with Crippen LogP contribution in [0.3, 0.4) is 0 Å². The first-order valence-corrected chi connectivity index (χ1v) is 10.4. The lowest BCUT2D eigenvalue weighted by Crippen LogP contribution is -2.40. The minimum atomic E-state index is -3.63. The van der Waals surface area contributed by atoms with E-state index in [9.17, 15) is 13.2 Å². The average Bonchev–Trinajstić information content (AvgIpc) is 2.69. The molecule has 1 saturated heterocycles. The van der Waals surface area contributed by atoms with Crippen LogP contribution in [0.5, 0.6) is 0 Å². The molecule has 1 heterocycles. The van der Waals surface area contributed by atoms with E-state index >= 15 is 0 Å². The third kappa shape index (κ3) is 4.68. The summed E-state index contributed by atoms with van der Waals surface area (Å²) in [6.07, 6.45) is 0. The Balaban J connectivity index is 1.72. The number of carbonyl (C=O) groups is 1. The molecule has 2 aromatic rings. The van der Waals surface area contributed by atoms with E-state index in [-0.39, 0.29) is 17.2 Å². The second-order valence-corrected chi connectivity index (χ2v) is 8.63. The van der Waals surface area contributed by atoms with Crippen molar-refractivity contribution < 1.29 is 17.9 Å². The number of anilines is 1. The SMILES string of the molecule is Cc1ccc(NCC(=O)c2cccc(S(=O)(=O)N3CCOCC3)c2)cc1Cl. The fraction of sp³-hybridized carbons (Fsp3) is 0.316. The highest BCUT2D eigenvalue weighted by Crippen LogP contribution is 2.21. The normalized spacial score (nSPS) is 15.5. The Hall–Kier alpha value is -1.93. The standard InChI is InChI=1S/C19H21ClN2O4S/c1-14-5-6-16(12-18(14)20)21-13-19(23)15-3-2-4-17(11-15)27(24,25)22-7-9-26-10-8-22/h2-6,11-12,21H,7-10,13H2,1H3. The van der Waals surface area contributed by atoms with Gasteiger partial charge in [0.25, 0.3) is 0 Å². The van der Waals surface area contributed by atoms with Crippen molar-refractivity contribution in [2.45, 2.75) is 11.8 Å². The van der Waals surface area contributed by atoms with Crippen molar-refractivity contribution >= 4 is 33.1 Å². The molecule has 2 aromatic carbocycles. The fourth-order valence-corrected chi connectivity index (χ4v) is 4.39. The molecule has 3 rings (SSSR count). The lowest BCUT2D eigenvalue weighted by Gasteiger charge is -2.26. The number of halogens is 1. The summed E-state index contributed by atoms with van der Waals surface area (Å²) >= 11 is 6.09. The highest BCUT2D eigenvalue weighted by atomic mass is 35.5. The van der Waals surface area contributed by atoms with Crippen molar-refractivity contribution in [3.63, 3.8) is 0 Å². The van der Waals surface area contributed by atoms with Crippen LogP contribution in [0.15, 0.2) is 47.4 Å². The fourth-order valence-electron chi connectivity index (χ4n) is 2.75. The van der Waals surface area contributed by atoms with Gasteiger partial charge >= 0.3 is 0 Å². The third-order valence-electron chi connectivity index (χ3n) is 4.39. The molecular formula is C19H21ClN2O4S. The molecule has 27 heavy (non-hydrogen) atoms. The van der Waals surface area contributed by atoms with Gasteiger partial charge in [-0.15, -0.1) is 0 Å².